The van der Waals surface area contributed by atoms with Crippen LogP contribution in [0.4, 0.5) is 17.6 Å². The number of ether oxygens (including phenoxy) is 1. The Morgan fingerprint density at radius 3 is 2.36 bits per heavy atom. The summed E-state index contributed by atoms with van der Waals surface area (Å²) in [4.78, 5) is 0. The molecule has 2 atom stereocenters. The van der Waals surface area contributed by atoms with E-state index in [1.807, 2.05) is 26.0 Å². The van der Waals surface area contributed by atoms with Crippen molar-refractivity contribution in [3.63, 3.8) is 0 Å². The van der Waals surface area contributed by atoms with Crippen molar-refractivity contribution in [3.8, 4) is 11.1 Å². The van der Waals surface area contributed by atoms with E-state index in [0.717, 1.165) is 35.1 Å². The zero-order chi connectivity index (χ0) is 26.3. The van der Waals surface area contributed by atoms with E-state index in [-0.39, 0.29) is 11.6 Å². The second kappa shape index (κ2) is 10.2. The van der Waals surface area contributed by atoms with Gasteiger partial charge in [0.05, 0.1) is 5.57 Å². The number of aliphatic hydroxyl groups excluding tert-OH is 1. The lowest BCUT2D eigenvalue weighted by molar-refractivity contribution is -0.154. The van der Waals surface area contributed by atoms with Crippen LogP contribution in [0.25, 0.3) is 16.7 Å². The van der Waals surface area contributed by atoms with Crippen LogP contribution in [0.2, 0.25) is 0 Å². The summed E-state index contributed by atoms with van der Waals surface area (Å²) in [5.74, 6) is -0.0786. The molecule has 1 aliphatic carbocycles. The van der Waals surface area contributed by atoms with Crippen molar-refractivity contribution >= 4 is 23.9 Å². The summed E-state index contributed by atoms with van der Waals surface area (Å²) in [6, 6.07) is 9.98. The molecule has 4 nitrogen and oxygen atoms in total. The summed E-state index contributed by atoms with van der Waals surface area (Å²) in [6.07, 6.45) is -2.53. The highest BCUT2D eigenvalue weighted by atomic mass is 32.5. The van der Waals surface area contributed by atoms with Crippen molar-refractivity contribution in [1.82, 2.24) is 0 Å². The zero-order valence-electron chi connectivity index (χ0n) is 20.3. The normalized spacial score (nSPS) is 21.3. The lowest BCUT2D eigenvalue weighted by Gasteiger charge is -2.30. The number of benzene rings is 2. The van der Waals surface area contributed by atoms with Gasteiger partial charge in [0.2, 0.25) is 6.49 Å². The molecule has 36 heavy (non-hydrogen) atoms. The smallest absolute Gasteiger partial charge is 0.412 e. The molecule has 1 N–H and O–H groups in total. The molecule has 4 rings (SSSR count). The summed E-state index contributed by atoms with van der Waals surface area (Å²) < 4.78 is 69.4. The highest BCUT2D eigenvalue weighted by Crippen LogP contribution is 2.58. The molecular weight excluding hydrogens is 515 g/mol. The molecule has 2 aliphatic rings. The lowest BCUT2D eigenvalue weighted by Crippen LogP contribution is -2.30. The summed E-state index contributed by atoms with van der Waals surface area (Å²) in [6.45, 7) is 0.317. The first-order chi connectivity index (χ1) is 16.9. The van der Waals surface area contributed by atoms with Gasteiger partial charge in [-0.2, -0.15) is 13.2 Å². The third-order valence-electron chi connectivity index (χ3n) is 6.73. The van der Waals surface area contributed by atoms with Gasteiger partial charge in [-0.15, -0.1) is 0 Å². The van der Waals surface area contributed by atoms with Gasteiger partial charge in [0, 0.05) is 6.66 Å². The minimum atomic E-state index is -4.55. The highest BCUT2D eigenvalue weighted by molar-refractivity contribution is 8.09. The van der Waals surface area contributed by atoms with Gasteiger partial charge in [0.1, 0.15) is 17.2 Å². The van der Waals surface area contributed by atoms with Crippen molar-refractivity contribution in [1.29, 1.82) is 0 Å². The number of halogens is 4. The van der Waals surface area contributed by atoms with E-state index < -0.39 is 31.2 Å². The molecule has 1 spiro atoms. The summed E-state index contributed by atoms with van der Waals surface area (Å²) in [5, 5.41) is 11.2. The Labute approximate surface area is 213 Å². The number of aliphatic hydroxyl groups is 1. The largest absolute Gasteiger partial charge is 0.444 e. The van der Waals surface area contributed by atoms with Crippen LogP contribution in [-0.4, -0.2) is 36.4 Å². The summed E-state index contributed by atoms with van der Waals surface area (Å²) >= 11 is 5.38. The number of hydrogen-bond donors (Lipinski definition) is 1. The van der Waals surface area contributed by atoms with E-state index in [2.05, 4.69) is 0 Å². The van der Waals surface area contributed by atoms with Crippen molar-refractivity contribution in [2.24, 2.45) is 0 Å². The van der Waals surface area contributed by atoms with E-state index in [0.29, 0.717) is 30.4 Å². The number of hydrogen-bond acceptors (Lipinski definition) is 5. The fourth-order valence-electron chi connectivity index (χ4n) is 5.11. The standard InChI is InChI=1S/C26H29F4O4PS/c1-4-17-9-12-20(18-7-10-19(27)11-8-18)16(2)21(17)22-23(25(33-24(22)31)13-5-6-14-25)34-35(3,36)32-15-26(28,29)30/h7-12,24,31H,4-6,13-15H2,1-3H3. The fourth-order valence-corrected chi connectivity index (χ4v) is 6.52. The Bertz CT molecular complexity index is 1200. The average molecular weight is 545 g/mol. The van der Waals surface area contributed by atoms with Crippen LogP contribution in [-0.2, 0) is 32.0 Å². The maximum atomic E-state index is 13.5. The van der Waals surface area contributed by atoms with Crippen molar-refractivity contribution in [2.45, 2.75) is 64.0 Å². The second-order valence-corrected chi connectivity index (χ2v) is 13.3. The van der Waals surface area contributed by atoms with Gasteiger partial charge in [-0.25, -0.2) is 4.39 Å². The van der Waals surface area contributed by atoms with Crippen molar-refractivity contribution in [3.05, 3.63) is 64.7 Å². The second-order valence-electron chi connectivity index (χ2n) is 9.30. The van der Waals surface area contributed by atoms with Crippen molar-refractivity contribution < 1.29 is 36.5 Å². The third-order valence-corrected chi connectivity index (χ3v) is 8.38. The van der Waals surface area contributed by atoms with E-state index >= 15 is 0 Å². The van der Waals surface area contributed by atoms with Crippen LogP contribution in [0.15, 0.2) is 42.2 Å². The van der Waals surface area contributed by atoms with Crippen LogP contribution < -0.4 is 0 Å². The number of rotatable bonds is 7. The fraction of sp³-hybridized carbons (Fsp3) is 0.462. The molecule has 0 saturated heterocycles. The van der Waals surface area contributed by atoms with Crippen LogP contribution >= 0.6 is 6.49 Å². The number of aryl methyl sites for hydroxylation is 1. The Balaban J connectivity index is 1.88. The Kier molecular flexibility index (Phi) is 7.71. The molecule has 0 aromatic heterocycles. The average Bonchev–Trinajstić information content (AvgIpc) is 3.37. The van der Waals surface area contributed by atoms with Crippen LogP contribution in [0.3, 0.4) is 0 Å². The van der Waals surface area contributed by atoms with Crippen molar-refractivity contribution in [2.75, 3.05) is 13.3 Å². The first kappa shape index (κ1) is 27.3. The molecule has 0 bridgehead atoms. The maximum Gasteiger partial charge on any atom is 0.412 e. The van der Waals surface area contributed by atoms with Gasteiger partial charge >= 0.3 is 6.18 Å². The van der Waals surface area contributed by atoms with Gasteiger partial charge in [-0.05, 0) is 90.8 Å². The Morgan fingerprint density at radius 1 is 1.14 bits per heavy atom. The molecule has 1 saturated carbocycles. The van der Waals surface area contributed by atoms with Gasteiger partial charge in [-0.3, -0.25) is 0 Å². The van der Waals surface area contributed by atoms with Gasteiger partial charge in [0.15, 0.2) is 12.9 Å². The minimum absolute atomic E-state index is 0.273. The minimum Gasteiger partial charge on any atom is -0.444 e. The third kappa shape index (κ3) is 5.55. The summed E-state index contributed by atoms with van der Waals surface area (Å²) in [7, 11) is 0. The Morgan fingerprint density at radius 2 is 1.78 bits per heavy atom. The van der Waals surface area contributed by atoms with Crippen LogP contribution in [0, 0.1) is 12.7 Å². The molecule has 196 valence electrons. The van der Waals surface area contributed by atoms with E-state index in [1.54, 1.807) is 12.1 Å². The molecular formula is C26H29F4O4PS. The zero-order valence-corrected chi connectivity index (χ0v) is 22.0. The lowest BCUT2D eigenvalue weighted by atomic mass is 9.86. The molecule has 2 aromatic rings. The molecule has 0 radical (unpaired) electrons. The topological polar surface area (TPSA) is 47.9 Å². The van der Waals surface area contributed by atoms with E-state index in [4.69, 9.17) is 25.6 Å². The predicted octanol–water partition coefficient (Wildman–Crippen LogP) is 7.27. The maximum absolute atomic E-state index is 13.5. The quantitative estimate of drug-likeness (QED) is 0.294. The first-order valence-electron chi connectivity index (χ1n) is 11.8. The summed E-state index contributed by atoms with van der Waals surface area (Å²) in [5.41, 5.74) is 3.46. The molecule has 2 unspecified atom stereocenters. The van der Waals surface area contributed by atoms with Gasteiger partial charge in [-0.1, -0.05) is 31.2 Å². The van der Waals surface area contributed by atoms with Gasteiger partial charge < -0.3 is 18.9 Å². The number of alkyl halides is 3. The molecule has 10 heteroatoms. The molecule has 2 aromatic carbocycles. The molecule has 0 amide bonds. The van der Waals surface area contributed by atoms with Gasteiger partial charge in [0.25, 0.3) is 0 Å². The van der Waals surface area contributed by atoms with Crippen LogP contribution in [0.5, 0.6) is 0 Å². The SMILES string of the molecule is CCc1ccc(-c2ccc(F)cc2)c(C)c1C1=C(OP(C)(=S)OCC(F)(F)F)C2(CCCC2)OC1O. The molecule has 1 heterocycles. The van der Waals surface area contributed by atoms with Crippen LogP contribution in [0.1, 0.15) is 49.3 Å². The Hall–Kier alpha value is -1.77. The highest BCUT2D eigenvalue weighted by Gasteiger charge is 2.52. The monoisotopic (exact) mass is 544 g/mol. The predicted molar refractivity (Wildman–Crippen MR) is 134 cm³/mol. The first-order valence-corrected chi connectivity index (χ1v) is 14.9. The van der Waals surface area contributed by atoms with E-state index in [1.165, 1.54) is 18.8 Å². The molecule has 1 aliphatic heterocycles. The van der Waals surface area contributed by atoms with E-state index in [9.17, 15) is 22.7 Å². The molecule has 1 fully saturated rings.